The van der Waals surface area contributed by atoms with Crippen molar-refractivity contribution in [2.75, 3.05) is 29.6 Å². The molecule has 4 aromatic rings. The van der Waals surface area contributed by atoms with E-state index in [1.807, 2.05) is 66.7 Å². The van der Waals surface area contributed by atoms with Gasteiger partial charge in [0.15, 0.2) is 0 Å². The van der Waals surface area contributed by atoms with Crippen LogP contribution in [-0.4, -0.2) is 24.7 Å². The summed E-state index contributed by atoms with van der Waals surface area (Å²) in [5, 5.41) is 11.0. The SMILES string of the molecule is COc1ccc(C(C)(C)C)cc1NC(=O)Nc1ccc(Oc2ccnc3c2C=CCCN3)c2ccccc12. The van der Waals surface area contributed by atoms with Gasteiger partial charge in [0.2, 0.25) is 0 Å². The third kappa shape index (κ3) is 5.27. The molecule has 3 N–H and O–H groups in total. The third-order valence-corrected chi connectivity index (χ3v) is 6.50. The van der Waals surface area contributed by atoms with E-state index < -0.39 is 0 Å². The second-order valence-corrected chi connectivity index (χ2v) is 10.2. The number of nitrogens with one attached hydrogen (secondary N) is 3. The molecule has 0 radical (unpaired) electrons. The van der Waals surface area contributed by atoms with E-state index in [0.717, 1.165) is 46.4 Å². The highest BCUT2D eigenvalue weighted by atomic mass is 16.5. The van der Waals surface area contributed by atoms with Crippen molar-refractivity contribution in [2.24, 2.45) is 0 Å². The first-order valence-corrected chi connectivity index (χ1v) is 12.7. The van der Waals surface area contributed by atoms with Gasteiger partial charge in [0, 0.05) is 23.5 Å². The number of hydrogen-bond acceptors (Lipinski definition) is 5. The number of carbonyl (C=O) groups is 1. The molecule has 38 heavy (non-hydrogen) atoms. The van der Waals surface area contributed by atoms with Gasteiger partial charge in [-0.3, -0.25) is 0 Å². The number of pyridine rings is 1. The molecule has 0 fully saturated rings. The molecule has 7 nitrogen and oxygen atoms in total. The normalized spacial score (nSPS) is 12.7. The minimum atomic E-state index is -0.358. The Hall–Kier alpha value is -4.52. The van der Waals surface area contributed by atoms with Gasteiger partial charge in [-0.05, 0) is 47.7 Å². The zero-order valence-electron chi connectivity index (χ0n) is 22.1. The van der Waals surface area contributed by atoms with Gasteiger partial charge >= 0.3 is 6.03 Å². The summed E-state index contributed by atoms with van der Waals surface area (Å²) in [6.07, 6.45) is 6.82. The largest absolute Gasteiger partial charge is 0.495 e. The number of amides is 2. The number of rotatable bonds is 5. The highest BCUT2D eigenvalue weighted by Crippen LogP contribution is 2.38. The molecule has 0 bridgehead atoms. The van der Waals surface area contributed by atoms with Crippen molar-refractivity contribution in [2.45, 2.75) is 32.6 Å². The molecule has 7 heteroatoms. The number of ether oxygens (including phenoxy) is 2. The first-order chi connectivity index (χ1) is 18.3. The van der Waals surface area contributed by atoms with Crippen molar-refractivity contribution in [3.8, 4) is 17.2 Å². The van der Waals surface area contributed by atoms with Gasteiger partial charge in [-0.25, -0.2) is 9.78 Å². The summed E-state index contributed by atoms with van der Waals surface area (Å²) in [4.78, 5) is 17.5. The van der Waals surface area contributed by atoms with Crippen LogP contribution in [0, 0.1) is 0 Å². The molecule has 0 spiro atoms. The maximum absolute atomic E-state index is 13.1. The molecular formula is C31H32N4O3. The monoisotopic (exact) mass is 508 g/mol. The average Bonchev–Trinajstić information content (AvgIpc) is 3.16. The predicted octanol–water partition coefficient (Wildman–Crippen LogP) is 7.81. The maximum Gasteiger partial charge on any atom is 0.323 e. The van der Waals surface area contributed by atoms with Gasteiger partial charge in [0.05, 0.1) is 24.0 Å². The molecule has 2 heterocycles. The van der Waals surface area contributed by atoms with Gasteiger partial charge in [0.25, 0.3) is 0 Å². The number of fused-ring (bicyclic) bond motifs is 2. The summed E-state index contributed by atoms with van der Waals surface area (Å²) < 4.78 is 11.9. The van der Waals surface area contributed by atoms with Crippen molar-refractivity contribution in [1.29, 1.82) is 0 Å². The smallest absolute Gasteiger partial charge is 0.323 e. The van der Waals surface area contributed by atoms with Gasteiger partial charge in [-0.2, -0.15) is 0 Å². The van der Waals surface area contributed by atoms with E-state index in [2.05, 4.69) is 47.8 Å². The van der Waals surface area contributed by atoms with E-state index in [0.29, 0.717) is 22.9 Å². The number of benzene rings is 3. The Bertz CT molecular complexity index is 1520. The van der Waals surface area contributed by atoms with Gasteiger partial charge < -0.3 is 25.4 Å². The molecule has 1 aliphatic rings. The Kier molecular flexibility index (Phi) is 6.92. The summed E-state index contributed by atoms with van der Waals surface area (Å²) in [7, 11) is 1.59. The van der Waals surface area contributed by atoms with Crippen LogP contribution in [-0.2, 0) is 5.41 Å². The van der Waals surface area contributed by atoms with Crippen LogP contribution in [0.4, 0.5) is 22.0 Å². The van der Waals surface area contributed by atoms with E-state index in [4.69, 9.17) is 9.47 Å². The zero-order chi connectivity index (χ0) is 26.7. The number of methoxy groups -OCH3 is 1. The molecule has 0 atom stereocenters. The summed E-state index contributed by atoms with van der Waals surface area (Å²) in [6, 6.07) is 18.9. The topological polar surface area (TPSA) is 84.5 Å². The summed E-state index contributed by atoms with van der Waals surface area (Å²) in [6.45, 7) is 7.22. The number of nitrogens with zero attached hydrogens (tertiary/aromatic N) is 1. The summed E-state index contributed by atoms with van der Waals surface area (Å²) >= 11 is 0. The van der Waals surface area contributed by atoms with Crippen molar-refractivity contribution in [3.63, 3.8) is 0 Å². The lowest BCUT2D eigenvalue weighted by molar-refractivity contribution is 0.262. The minimum Gasteiger partial charge on any atom is -0.495 e. The van der Waals surface area contributed by atoms with Crippen molar-refractivity contribution in [1.82, 2.24) is 4.98 Å². The third-order valence-electron chi connectivity index (χ3n) is 6.50. The van der Waals surface area contributed by atoms with Crippen LogP contribution in [0.1, 0.15) is 38.3 Å². The Balaban J connectivity index is 1.42. The van der Waals surface area contributed by atoms with Gasteiger partial charge in [0.1, 0.15) is 23.1 Å². The van der Waals surface area contributed by atoms with E-state index >= 15 is 0 Å². The van der Waals surface area contributed by atoms with E-state index in [9.17, 15) is 4.79 Å². The van der Waals surface area contributed by atoms with Gasteiger partial charge in [-0.1, -0.05) is 63.3 Å². The highest BCUT2D eigenvalue weighted by Gasteiger charge is 2.18. The molecule has 0 saturated carbocycles. The zero-order valence-corrected chi connectivity index (χ0v) is 22.1. The van der Waals surface area contributed by atoms with Crippen molar-refractivity contribution >= 4 is 40.1 Å². The van der Waals surface area contributed by atoms with Crippen LogP contribution >= 0.6 is 0 Å². The van der Waals surface area contributed by atoms with Crippen LogP contribution in [0.15, 0.2) is 72.9 Å². The molecule has 0 aliphatic carbocycles. The van der Waals surface area contributed by atoms with Crippen LogP contribution in [0.5, 0.6) is 17.2 Å². The lowest BCUT2D eigenvalue weighted by Crippen LogP contribution is -2.21. The molecule has 0 unspecified atom stereocenters. The Morgan fingerprint density at radius 3 is 2.47 bits per heavy atom. The molecule has 194 valence electrons. The van der Waals surface area contributed by atoms with Crippen LogP contribution < -0.4 is 25.4 Å². The second kappa shape index (κ2) is 10.5. The highest BCUT2D eigenvalue weighted by molar-refractivity contribution is 6.08. The maximum atomic E-state index is 13.1. The molecule has 1 aliphatic heterocycles. The fourth-order valence-electron chi connectivity index (χ4n) is 4.46. The van der Waals surface area contributed by atoms with E-state index in [-0.39, 0.29) is 11.4 Å². The summed E-state index contributed by atoms with van der Waals surface area (Å²) in [5.41, 5.74) is 3.24. The number of aromatic nitrogens is 1. The Morgan fingerprint density at radius 2 is 1.68 bits per heavy atom. The number of anilines is 3. The van der Waals surface area contributed by atoms with Crippen molar-refractivity contribution < 1.29 is 14.3 Å². The number of carbonyl (C=O) groups excluding carboxylic acids is 1. The Labute approximate surface area is 222 Å². The molecule has 0 saturated heterocycles. The number of urea groups is 1. The fraction of sp³-hybridized carbons (Fsp3) is 0.226. The van der Waals surface area contributed by atoms with E-state index in [1.54, 1.807) is 13.3 Å². The lowest BCUT2D eigenvalue weighted by Gasteiger charge is -2.21. The fourth-order valence-corrected chi connectivity index (χ4v) is 4.46. The number of hydrogen-bond donors (Lipinski definition) is 3. The van der Waals surface area contributed by atoms with E-state index in [1.165, 1.54) is 0 Å². The molecule has 3 aromatic carbocycles. The average molecular weight is 509 g/mol. The predicted molar refractivity (Wildman–Crippen MR) is 155 cm³/mol. The quantitative estimate of drug-likeness (QED) is 0.256. The molecule has 5 rings (SSSR count). The standard InChI is InChI=1S/C31H32N4O3/c1-31(2,3)20-12-14-28(37-4)25(19-20)35-30(36)34-24-13-15-26(22-10-6-5-9-21(22)24)38-27-16-18-33-29-23(27)11-7-8-17-32-29/h5-7,9-16,18-19H,8,17H2,1-4H3,(H,32,33)(H2,34,35,36). The second-order valence-electron chi connectivity index (χ2n) is 10.2. The lowest BCUT2D eigenvalue weighted by atomic mass is 9.87. The summed E-state index contributed by atoms with van der Waals surface area (Å²) in [5.74, 6) is 2.82. The molecular weight excluding hydrogens is 476 g/mol. The first-order valence-electron chi connectivity index (χ1n) is 12.7. The van der Waals surface area contributed by atoms with Crippen LogP contribution in [0.2, 0.25) is 0 Å². The molecule has 1 aromatic heterocycles. The van der Waals surface area contributed by atoms with Crippen molar-refractivity contribution in [3.05, 3.63) is 84.1 Å². The van der Waals surface area contributed by atoms with Crippen LogP contribution in [0.3, 0.4) is 0 Å². The first kappa shape index (κ1) is 25.1. The minimum absolute atomic E-state index is 0.0652. The molecule has 2 amide bonds. The van der Waals surface area contributed by atoms with Gasteiger partial charge in [-0.15, -0.1) is 0 Å². The van der Waals surface area contributed by atoms with Crippen LogP contribution in [0.25, 0.3) is 16.8 Å². The Morgan fingerprint density at radius 1 is 0.921 bits per heavy atom.